The zero-order valence-electron chi connectivity index (χ0n) is 10.0. The van der Waals surface area contributed by atoms with Gasteiger partial charge in [0.1, 0.15) is 29.0 Å². The van der Waals surface area contributed by atoms with Crippen molar-refractivity contribution < 1.29 is 9.13 Å². The van der Waals surface area contributed by atoms with Gasteiger partial charge in [0, 0.05) is 18.2 Å². The second-order valence-electron chi connectivity index (χ2n) is 4.35. The number of aromatic nitrogens is 2. The number of nitriles is 1. The molecule has 19 heavy (non-hydrogen) atoms. The van der Waals surface area contributed by atoms with E-state index in [1.807, 2.05) is 0 Å². The van der Waals surface area contributed by atoms with Crippen molar-refractivity contribution in [2.75, 3.05) is 0 Å². The summed E-state index contributed by atoms with van der Waals surface area (Å²) in [5.41, 5.74) is -0.117. The minimum absolute atomic E-state index is 0.117. The fourth-order valence-electron chi connectivity index (χ4n) is 1.76. The van der Waals surface area contributed by atoms with E-state index in [4.69, 9.17) is 10.00 Å². The molecule has 1 aliphatic rings. The molecule has 1 fully saturated rings. The monoisotopic (exact) mass is 255 g/mol. The summed E-state index contributed by atoms with van der Waals surface area (Å²) >= 11 is 0. The first-order valence-electron chi connectivity index (χ1n) is 5.97. The van der Waals surface area contributed by atoms with Crippen LogP contribution >= 0.6 is 0 Å². The van der Waals surface area contributed by atoms with E-state index in [9.17, 15) is 4.39 Å². The Morgan fingerprint density at radius 3 is 2.89 bits per heavy atom. The highest BCUT2D eigenvalue weighted by Crippen LogP contribution is 2.38. The molecule has 0 aliphatic heterocycles. The molecule has 0 saturated heterocycles. The average molecular weight is 255 g/mol. The van der Waals surface area contributed by atoms with Gasteiger partial charge in [-0.05, 0) is 25.0 Å². The molecule has 5 heteroatoms. The van der Waals surface area contributed by atoms with Crippen LogP contribution in [-0.4, -0.2) is 9.97 Å². The standard InChI is InChI=1S/C14H10FN3O/c15-11-2-1-3-12(10(11)8-16)19-13-6-7-17-14(18-13)9-4-5-9/h1-3,6-7,9H,4-5H2. The number of halogens is 1. The molecule has 1 aromatic carbocycles. The van der Waals surface area contributed by atoms with Crippen LogP contribution in [-0.2, 0) is 0 Å². The zero-order valence-corrected chi connectivity index (χ0v) is 10.0. The smallest absolute Gasteiger partial charge is 0.222 e. The highest BCUT2D eigenvalue weighted by atomic mass is 19.1. The van der Waals surface area contributed by atoms with Gasteiger partial charge in [0.2, 0.25) is 5.88 Å². The minimum Gasteiger partial charge on any atom is -0.437 e. The van der Waals surface area contributed by atoms with Crippen LogP contribution in [0.5, 0.6) is 11.6 Å². The molecule has 0 radical (unpaired) electrons. The van der Waals surface area contributed by atoms with Crippen LogP contribution in [0.4, 0.5) is 4.39 Å². The van der Waals surface area contributed by atoms with Crippen LogP contribution in [0.3, 0.4) is 0 Å². The molecule has 0 N–H and O–H groups in total. The molecule has 3 rings (SSSR count). The summed E-state index contributed by atoms with van der Waals surface area (Å²) in [5, 5.41) is 8.93. The van der Waals surface area contributed by atoms with Crippen LogP contribution in [0.25, 0.3) is 0 Å². The minimum atomic E-state index is -0.600. The summed E-state index contributed by atoms with van der Waals surface area (Å²) in [5.74, 6) is 1.05. The molecule has 1 aliphatic carbocycles. The van der Waals surface area contributed by atoms with Crippen molar-refractivity contribution in [2.45, 2.75) is 18.8 Å². The first-order chi connectivity index (χ1) is 9.28. The van der Waals surface area contributed by atoms with Gasteiger partial charge in [-0.25, -0.2) is 9.37 Å². The van der Waals surface area contributed by atoms with E-state index in [0.717, 1.165) is 18.7 Å². The van der Waals surface area contributed by atoms with Gasteiger partial charge in [0.25, 0.3) is 0 Å². The van der Waals surface area contributed by atoms with Crippen molar-refractivity contribution in [3.05, 3.63) is 47.7 Å². The maximum absolute atomic E-state index is 13.4. The maximum Gasteiger partial charge on any atom is 0.222 e. The summed E-state index contributed by atoms with van der Waals surface area (Å²) in [6.45, 7) is 0. The van der Waals surface area contributed by atoms with Crippen LogP contribution in [0, 0.1) is 17.1 Å². The molecule has 0 bridgehead atoms. The Labute approximate surface area is 109 Å². The number of hydrogen-bond donors (Lipinski definition) is 0. The SMILES string of the molecule is N#Cc1c(F)cccc1Oc1ccnc(C2CC2)n1. The summed E-state index contributed by atoms with van der Waals surface area (Å²) < 4.78 is 18.9. The molecule has 0 unspecified atom stereocenters. The Hall–Kier alpha value is -2.48. The maximum atomic E-state index is 13.4. The first-order valence-corrected chi connectivity index (χ1v) is 5.97. The van der Waals surface area contributed by atoms with Gasteiger partial charge in [-0.1, -0.05) is 6.07 Å². The zero-order chi connectivity index (χ0) is 13.2. The Bertz CT molecular complexity index is 662. The molecular weight excluding hydrogens is 245 g/mol. The lowest BCUT2D eigenvalue weighted by molar-refractivity contribution is 0.452. The van der Waals surface area contributed by atoms with Crippen molar-refractivity contribution in [3.63, 3.8) is 0 Å². The molecule has 1 heterocycles. The highest BCUT2D eigenvalue weighted by molar-refractivity contribution is 5.45. The second kappa shape index (κ2) is 4.65. The van der Waals surface area contributed by atoms with Gasteiger partial charge >= 0.3 is 0 Å². The summed E-state index contributed by atoms with van der Waals surface area (Å²) in [4.78, 5) is 8.44. The first kappa shape index (κ1) is 11.6. The second-order valence-corrected chi connectivity index (χ2v) is 4.35. The molecule has 94 valence electrons. The van der Waals surface area contributed by atoms with Crippen molar-refractivity contribution in [1.82, 2.24) is 9.97 Å². The largest absolute Gasteiger partial charge is 0.437 e. The number of rotatable bonds is 3. The third-order valence-electron chi connectivity index (χ3n) is 2.89. The van der Waals surface area contributed by atoms with Crippen LogP contribution in [0.15, 0.2) is 30.5 Å². The van der Waals surface area contributed by atoms with E-state index in [-0.39, 0.29) is 11.3 Å². The lowest BCUT2D eigenvalue weighted by Crippen LogP contribution is -1.97. The Morgan fingerprint density at radius 2 is 2.16 bits per heavy atom. The van der Waals surface area contributed by atoms with Gasteiger partial charge in [-0.15, -0.1) is 0 Å². The predicted molar refractivity (Wildman–Crippen MR) is 65.2 cm³/mol. The lowest BCUT2D eigenvalue weighted by Gasteiger charge is -2.07. The van der Waals surface area contributed by atoms with Crippen molar-refractivity contribution in [2.24, 2.45) is 0 Å². The molecular formula is C14H10FN3O. The number of nitrogens with zero attached hydrogens (tertiary/aromatic N) is 3. The number of benzene rings is 1. The highest BCUT2D eigenvalue weighted by Gasteiger charge is 2.26. The summed E-state index contributed by atoms with van der Waals surface area (Å²) in [6, 6.07) is 7.65. The van der Waals surface area contributed by atoms with E-state index < -0.39 is 5.82 Å². The average Bonchev–Trinajstić information content (AvgIpc) is 3.24. The van der Waals surface area contributed by atoms with E-state index in [1.165, 1.54) is 12.1 Å². The lowest BCUT2D eigenvalue weighted by atomic mass is 10.2. The summed E-state index contributed by atoms with van der Waals surface area (Å²) in [6.07, 6.45) is 3.79. The molecule has 1 saturated carbocycles. The molecule has 0 atom stereocenters. The Kier molecular flexibility index (Phi) is 2.84. The summed E-state index contributed by atoms with van der Waals surface area (Å²) in [7, 11) is 0. The number of ether oxygens (including phenoxy) is 1. The van der Waals surface area contributed by atoms with Gasteiger partial charge in [-0.2, -0.15) is 10.2 Å². The van der Waals surface area contributed by atoms with Gasteiger partial charge in [0.15, 0.2) is 0 Å². The topological polar surface area (TPSA) is 58.8 Å². The van der Waals surface area contributed by atoms with Crippen LogP contribution in [0.2, 0.25) is 0 Å². The predicted octanol–water partition coefficient (Wildman–Crippen LogP) is 3.16. The third-order valence-corrected chi connectivity index (χ3v) is 2.89. The normalized spacial score (nSPS) is 13.9. The van der Waals surface area contributed by atoms with Crippen LogP contribution < -0.4 is 4.74 Å². The van der Waals surface area contributed by atoms with E-state index >= 15 is 0 Å². The Morgan fingerprint density at radius 1 is 1.32 bits per heavy atom. The van der Waals surface area contributed by atoms with Crippen molar-refractivity contribution >= 4 is 0 Å². The Balaban J connectivity index is 1.91. The molecule has 4 nitrogen and oxygen atoms in total. The van der Waals surface area contributed by atoms with Crippen LogP contribution in [0.1, 0.15) is 30.1 Å². The van der Waals surface area contributed by atoms with E-state index in [1.54, 1.807) is 24.4 Å². The van der Waals surface area contributed by atoms with E-state index in [0.29, 0.717) is 11.8 Å². The fraction of sp³-hybridized carbons (Fsp3) is 0.214. The fourth-order valence-corrected chi connectivity index (χ4v) is 1.76. The van der Waals surface area contributed by atoms with Gasteiger partial charge in [0.05, 0.1) is 0 Å². The molecule has 2 aromatic rings. The molecule has 0 spiro atoms. The van der Waals surface area contributed by atoms with Crippen molar-refractivity contribution in [1.29, 1.82) is 5.26 Å². The van der Waals surface area contributed by atoms with Gasteiger partial charge < -0.3 is 4.74 Å². The van der Waals surface area contributed by atoms with Gasteiger partial charge in [-0.3, -0.25) is 0 Å². The number of hydrogen-bond acceptors (Lipinski definition) is 4. The third kappa shape index (κ3) is 2.38. The van der Waals surface area contributed by atoms with E-state index in [2.05, 4.69) is 9.97 Å². The van der Waals surface area contributed by atoms with Crippen molar-refractivity contribution in [3.8, 4) is 17.7 Å². The molecule has 0 amide bonds. The molecule has 1 aromatic heterocycles. The quantitative estimate of drug-likeness (QED) is 0.845.